The van der Waals surface area contributed by atoms with Gasteiger partial charge in [0.25, 0.3) is 0 Å². The molecule has 0 aromatic heterocycles. The molecule has 2 amide bonds. The maximum atomic E-state index is 12.8. The Balaban J connectivity index is 1.33. The van der Waals surface area contributed by atoms with Crippen molar-refractivity contribution in [3.63, 3.8) is 0 Å². The molecule has 1 fully saturated rings. The number of carbonyl (C=O) groups excluding carboxylic acids is 1. The predicted octanol–water partition coefficient (Wildman–Crippen LogP) is 5.06. The van der Waals surface area contributed by atoms with Gasteiger partial charge in [0.05, 0.1) is 0 Å². The second-order valence-electron chi connectivity index (χ2n) is 8.10. The highest BCUT2D eigenvalue weighted by Gasteiger charge is 2.26. The number of nitrogens with zero attached hydrogens (tertiary/aromatic N) is 2. The monoisotopic (exact) mass is 441 g/mol. The third-order valence-electron chi connectivity index (χ3n) is 5.94. The first-order valence-corrected chi connectivity index (χ1v) is 11.0. The maximum Gasteiger partial charge on any atom is 0.321 e. The van der Waals surface area contributed by atoms with Gasteiger partial charge in [-0.3, -0.25) is 4.90 Å². The average molecular weight is 442 g/mol. The number of likely N-dealkylation sites (tertiary alicyclic amines) is 1. The molecule has 148 valence electrons. The summed E-state index contributed by atoms with van der Waals surface area (Å²) in [5.41, 5.74) is 4.94. The van der Waals surface area contributed by atoms with Crippen molar-refractivity contribution in [3.8, 4) is 0 Å². The number of piperidine rings is 1. The molecule has 2 aromatic rings. The zero-order valence-corrected chi connectivity index (χ0v) is 18.0. The van der Waals surface area contributed by atoms with Crippen LogP contribution in [0.3, 0.4) is 0 Å². The second-order valence-corrected chi connectivity index (χ2v) is 8.96. The molecule has 0 saturated carbocycles. The van der Waals surface area contributed by atoms with Gasteiger partial charge in [-0.1, -0.05) is 40.2 Å². The molecule has 2 aromatic carbocycles. The van der Waals surface area contributed by atoms with E-state index < -0.39 is 0 Å². The number of hydrogen-bond acceptors (Lipinski definition) is 2. The van der Waals surface area contributed by atoms with Crippen LogP contribution in [0, 0.1) is 12.8 Å². The van der Waals surface area contributed by atoms with Crippen LogP contribution in [0.4, 0.5) is 10.5 Å². The van der Waals surface area contributed by atoms with E-state index in [1.54, 1.807) is 0 Å². The highest BCUT2D eigenvalue weighted by Crippen LogP contribution is 2.24. The van der Waals surface area contributed by atoms with E-state index >= 15 is 0 Å². The van der Waals surface area contributed by atoms with E-state index in [-0.39, 0.29) is 6.03 Å². The van der Waals surface area contributed by atoms with Gasteiger partial charge < -0.3 is 10.2 Å². The fraction of sp³-hybridized carbons (Fsp3) is 0.435. The minimum atomic E-state index is 0.0235. The lowest BCUT2D eigenvalue weighted by molar-refractivity contribution is 0.140. The quantitative estimate of drug-likeness (QED) is 0.722. The van der Waals surface area contributed by atoms with Crippen molar-refractivity contribution in [1.29, 1.82) is 0 Å². The molecule has 4 rings (SSSR count). The SMILES string of the molecule is Cc1cc(NC(=O)N2CCC[C@H](CN3CCc4ccccc4C3)C2)ccc1Br. The molecule has 2 aliphatic heterocycles. The Kier molecular flexibility index (Phi) is 6.02. The van der Waals surface area contributed by atoms with Crippen molar-refractivity contribution in [1.82, 2.24) is 9.80 Å². The fourth-order valence-corrected chi connectivity index (χ4v) is 4.65. The molecule has 1 atom stereocenters. The molecular formula is C23H28BrN3O. The molecule has 0 aliphatic carbocycles. The van der Waals surface area contributed by atoms with Gasteiger partial charge in [0.2, 0.25) is 0 Å². The lowest BCUT2D eigenvalue weighted by atomic mass is 9.95. The van der Waals surface area contributed by atoms with Gasteiger partial charge in [0.1, 0.15) is 0 Å². The summed E-state index contributed by atoms with van der Waals surface area (Å²) < 4.78 is 1.06. The van der Waals surface area contributed by atoms with Crippen molar-refractivity contribution in [2.45, 2.75) is 32.7 Å². The van der Waals surface area contributed by atoms with Gasteiger partial charge in [-0.2, -0.15) is 0 Å². The van der Waals surface area contributed by atoms with Crippen LogP contribution >= 0.6 is 15.9 Å². The van der Waals surface area contributed by atoms with Gasteiger partial charge in [-0.15, -0.1) is 0 Å². The van der Waals surface area contributed by atoms with Crippen LogP contribution in [0.1, 0.15) is 29.5 Å². The number of hydrogen-bond donors (Lipinski definition) is 1. The Labute approximate surface area is 176 Å². The second kappa shape index (κ2) is 8.66. The average Bonchev–Trinajstić information content (AvgIpc) is 2.71. The zero-order chi connectivity index (χ0) is 19.5. The van der Waals surface area contributed by atoms with E-state index in [2.05, 4.69) is 50.4 Å². The Bertz CT molecular complexity index is 853. The van der Waals surface area contributed by atoms with Crippen LogP contribution in [0.2, 0.25) is 0 Å². The number of halogens is 1. The standard InChI is InChI=1S/C23H28BrN3O/c1-17-13-21(8-9-22(17)24)25-23(28)27-11-4-5-18(15-27)14-26-12-10-19-6-2-3-7-20(19)16-26/h2-3,6-9,13,18H,4-5,10-12,14-16H2,1H3,(H,25,28)/t18-/m1/s1. The van der Waals surface area contributed by atoms with E-state index in [0.29, 0.717) is 5.92 Å². The van der Waals surface area contributed by atoms with Gasteiger partial charge in [-0.05, 0) is 67.0 Å². The first-order chi connectivity index (χ1) is 13.6. The van der Waals surface area contributed by atoms with E-state index in [9.17, 15) is 4.79 Å². The number of rotatable bonds is 3. The minimum absolute atomic E-state index is 0.0235. The Morgan fingerprint density at radius 2 is 2.00 bits per heavy atom. The molecule has 2 aliphatic rings. The van der Waals surface area contributed by atoms with Gasteiger partial charge >= 0.3 is 6.03 Å². The van der Waals surface area contributed by atoms with Crippen LogP contribution in [0.25, 0.3) is 0 Å². The minimum Gasteiger partial charge on any atom is -0.324 e. The third-order valence-corrected chi connectivity index (χ3v) is 6.83. The first-order valence-electron chi connectivity index (χ1n) is 10.2. The summed E-state index contributed by atoms with van der Waals surface area (Å²) in [4.78, 5) is 17.3. The lowest BCUT2D eigenvalue weighted by Gasteiger charge is -2.37. The Hall–Kier alpha value is -1.85. The van der Waals surface area contributed by atoms with Crippen LogP contribution in [0.5, 0.6) is 0 Å². The zero-order valence-electron chi connectivity index (χ0n) is 16.5. The highest BCUT2D eigenvalue weighted by molar-refractivity contribution is 9.10. The molecule has 0 unspecified atom stereocenters. The Morgan fingerprint density at radius 1 is 1.18 bits per heavy atom. The number of amides is 2. The summed E-state index contributed by atoms with van der Waals surface area (Å²) in [7, 11) is 0. The highest BCUT2D eigenvalue weighted by atomic mass is 79.9. The molecule has 0 radical (unpaired) electrons. The molecule has 28 heavy (non-hydrogen) atoms. The summed E-state index contributed by atoms with van der Waals surface area (Å²) in [6.07, 6.45) is 3.43. The van der Waals surface area contributed by atoms with Crippen LogP contribution in [-0.2, 0) is 13.0 Å². The summed E-state index contributed by atoms with van der Waals surface area (Å²) >= 11 is 3.51. The largest absolute Gasteiger partial charge is 0.324 e. The molecule has 1 saturated heterocycles. The molecule has 0 spiro atoms. The first kappa shape index (κ1) is 19.5. The number of carbonyl (C=O) groups is 1. The molecular weight excluding hydrogens is 414 g/mol. The number of aryl methyl sites for hydroxylation is 1. The van der Waals surface area contributed by atoms with Crippen molar-refractivity contribution in [3.05, 3.63) is 63.6 Å². The molecule has 5 heteroatoms. The summed E-state index contributed by atoms with van der Waals surface area (Å²) in [6, 6.07) is 14.7. The van der Waals surface area contributed by atoms with Crippen molar-refractivity contribution >= 4 is 27.6 Å². The van der Waals surface area contributed by atoms with Crippen LogP contribution in [0.15, 0.2) is 46.9 Å². The van der Waals surface area contributed by atoms with Gasteiger partial charge in [-0.25, -0.2) is 4.79 Å². The normalized spacial score (nSPS) is 19.9. The Morgan fingerprint density at radius 3 is 2.82 bits per heavy atom. The van der Waals surface area contributed by atoms with Crippen molar-refractivity contribution in [2.24, 2.45) is 5.92 Å². The van der Waals surface area contributed by atoms with E-state index in [1.165, 1.54) is 17.5 Å². The summed E-state index contributed by atoms with van der Waals surface area (Å²) in [6.45, 7) is 6.97. The van der Waals surface area contributed by atoms with Crippen molar-refractivity contribution in [2.75, 3.05) is 31.5 Å². The maximum absolute atomic E-state index is 12.8. The third kappa shape index (κ3) is 4.58. The van der Waals surface area contributed by atoms with Gasteiger partial charge in [0, 0.05) is 42.9 Å². The lowest BCUT2D eigenvalue weighted by Crippen LogP contribution is -2.46. The van der Waals surface area contributed by atoms with E-state index in [4.69, 9.17) is 0 Å². The van der Waals surface area contributed by atoms with Crippen LogP contribution in [-0.4, -0.2) is 42.0 Å². The summed E-state index contributed by atoms with van der Waals surface area (Å²) in [5.74, 6) is 0.552. The number of nitrogens with one attached hydrogen (secondary N) is 1. The summed E-state index contributed by atoms with van der Waals surface area (Å²) in [5, 5.41) is 3.07. The molecule has 4 nitrogen and oxygen atoms in total. The predicted molar refractivity (Wildman–Crippen MR) is 118 cm³/mol. The molecule has 2 heterocycles. The number of fused-ring (bicyclic) bond motifs is 1. The van der Waals surface area contributed by atoms with Crippen molar-refractivity contribution < 1.29 is 4.79 Å². The van der Waals surface area contributed by atoms with Gasteiger partial charge in [0.15, 0.2) is 0 Å². The van der Waals surface area contributed by atoms with Crippen LogP contribution < -0.4 is 5.32 Å². The molecule has 1 N–H and O–H groups in total. The number of anilines is 1. The van der Waals surface area contributed by atoms with E-state index in [1.807, 2.05) is 30.0 Å². The fourth-order valence-electron chi connectivity index (χ4n) is 4.40. The van der Waals surface area contributed by atoms with E-state index in [0.717, 1.165) is 61.3 Å². The number of benzene rings is 2. The smallest absolute Gasteiger partial charge is 0.321 e. The topological polar surface area (TPSA) is 35.6 Å². The number of urea groups is 1. The molecule has 0 bridgehead atoms.